The maximum Gasteiger partial charge on any atom is 0.273 e. The number of amides is 1. The number of carbonyl (C=O) groups excluding carboxylic acids is 1. The third-order valence-corrected chi connectivity index (χ3v) is 4.77. The number of hydrogen-bond donors (Lipinski definition) is 0. The van der Waals surface area contributed by atoms with Gasteiger partial charge in [-0.25, -0.2) is 4.98 Å². The molecule has 0 N–H and O–H groups in total. The quantitative estimate of drug-likeness (QED) is 0.661. The van der Waals surface area contributed by atoms with Gasteiger partial charge >= 0.3 is 0 Å². The second-order valence-electron chi connectivity index (χ2n) is 5.14. The molecule has 24 heavy (non-hydrogen) atoms. The SMILES string of the molecule is CN(C(=O)c1cscn1)[C@@H](c1cccnc1)c1ccc(Cl)cc1Cl. The van der Waals surface area contributed by atoms with E-state index in [9.17, 15) is 4.79 Å². The van der Waals surface area contributed by atoms with E-state index >= 15 is 0 Å². The predicted octanol–water partition coefficient (Wildman–Crippen LogP) is 4.71. The minimum atomic E-state index is -0.391. The van der Waals surface area contributed by atoms with Crippen LogP contribution in [0.5, 0.6) is 0 Å². The van der Waals surface area contributed by atoms with Crippen LogP contribution < -0.4 is 0 Å². The van der Waals surface area contributed by atoms with Gasteiger partial charge in [0.25, 0.3) is 5.91 Å². The Hall–Kier alpha value is -1.95. The average molecular weight is 378 g/mol. The van der Waals surface area contributed by atoms with Crippen LogP contribution in [-0.4, -0.2) is 27.8 Å². The Morgan fingerprint density at radius 1 is 1.29 bits per heavy atom. The van der Waals surface area contributed by atoms with Gasteiger partial charge in [-0.3, -0.25) is 9.78 Å². The molecular formula is C17H13Cl2N3OS. The third-order valence-electron chi connectivity index (χ3n) is 3.62. The zero-order chi connectivity index (χ0) is 17.1. The fraction of sp³-hybridized carbons (Fsp3) is 0.118. The van der Waals surface area contributed by atoms with Crippen molar-refractivity contribution in [3.8, 4) is 0 Å². The molecule has 1 atom stereocenters. The zero-order valence-corrected chi connectivity index (χ0v) is 15.0. The normalized spacial score (nSPS) is 12.0. The third kappa shape index (κ3) is 3.43. The smallest absolute Gasteiger partial charge is 0.273 e. The lowest BCUT2D eigenvalue weighted by Crippen LogP contribution is -2.32. The van der Waals surface area contributed by atoms with Crippen molar-refractivity contribution >= 4 is 40.4 Å². The number of hydrogen-bond acceptors (Lipinski definition) is 4. The van der Waals surface area contributed by atoms with Crippen LogP contribution in [0.25, 0.3) is 0 Å². The van der Waals surface area contributed by atoms with Crippen LogP contribution >= 0.6 is 34.5 Å². The summed E-state index contributed by atoms with van der Waals surface area (Å²) < 4.78 is 0. The van der Waals surface area contributed by atoms with E-state index in [0.717, 1.165) is 11.1 Å². The van der Waals surface area contributed by atoms with Gasteiger partial charge in [-0.05, 0) is 29.3 Å². The van der Waals surface area contributed by atoms with E-state index < -0.39 is 6.04 Å². The zero-order valence-electron chi connectivity index (χ0n) is 12.7. The van der Waals surface area contributed by atoms with E-state index in [1.807, 2.05) is 18.2 Å². The topological polar surface area (TPSA) is 46.1 Å². The van der Waals surface area contributed by atoms with Crippen molar-refractivity contribution in [2.75, 3.05) is 7.05 Å². The maximum atomic E-state index is 12.8. The van der Waals surface area contributed by atoms with E-state index in [1.54, 1.807) is 47.4 Å². The fourth-order valence-corrected chi connectivity index (χ4v) is 3.53. The van der Waals surface area contributed by atoms with Crippen molar-refractivity contribution in [3.63, 3.8) is 0 Å². The minimum absolute atomic E-state index is 0.184. The molecule has 0 saturated heterocycles. The Balaban J connectivity index is 2.07. The number of carbonyl (C=O) groups is 1. The molecule has 0 aliphatic carbocycles. The number of halogens is 2. The molecule has 122 valence electrons. The van der Waals surface area contributed by atoms with Crippen molar-refractivity contribution < 1.29 is 4.79 Å². The lowest BCUT2D eigenvalue weighted by atomic mass is 9.98. The highest BCUT2D eigenvalue weighted by atomic mass is 35.5. The second-order valence-corrected chi connectivity index (χ2v) is 6.71. The first-order valence-corrected chi connectivity index (χ1v) is 8.78. The van der Waals surface area contributed by atoms with Gasteiger partial charge in [0.1, 0.15) is 5.69 Å². The standard InChI is InChI=1S/C17H13Cl2N3OS/c1-22(17(23)15-9-24-10-21-15)16(11-3-2-6-20-8-11)13-5-4-12(18)7-14(13)19/h2-10,16H,1H3/t16-/m0/s1. The highest BCUT2D eigenvalue weighted by Gasteiger charge is 2.27. The summed E-state index contributed by atoms with van der Waals surface area (Å²) >= 11 is 13.8. The summed E-state index contributed by atoms with van der Waals surface area (Å²) in [6, 6.07) is 8.60. The first kappa shape index (κ1) is 16.9. The molecule has 0 bridgehead atoms. The van der Waals surface area contributed by atoms with Crippen LogP contribution in [0.3, 0.4) is 0 Å². The fourth-order valence-electron chi connectivity index (χ4n) is 2.49. The van der Waals surface area contributed by atoms with E-state index in [0.29, 0.717) is 15.7 Å². The van der Waals surface area contributed by atoms with Crippen molar-refractivity contribution in [2.24, 2.45) is 0 Å². The van der Waals surface area contributed by atoms with Gasteiger partial charge < -0.3 is 4.90 Å². The monoisotopic (exact) mass is 377 g/mol. The van der Waals surface area contributed by atoms with Crippen molar-refractivity contribution in [3.05, 3.63) is 80.5 Å². The van der Waals surface area contributed by atoms with Gasteiger partial charge in [0, 0.05) is 34.9 Å². The predicted molar refractivity (Wildman–Crippen MR) is 96.7 cm³/mol. The van der Waals surface area contributed by atoms with Gasteiger partial charge in [0.15, 0.2) is 0 Å². The number of rotatable bonds is 4. The van der Waals surface area contributed by atoms with E-state index in [-0.39, 0.29) is 5.91 Å². The molecule has 0 fully saturated rings. The van der Waals surface area contributed by atoms with Crippen LogP contribution in [0.4, 0.5) is 0 Å². The van der Waals surface area contributed by atoms with Gasteiger partial charge in [-0.1, -0.05) is 35.3 Å². The highest BCUT2D eigenvalue weighted by Crippen LogP contribution is 2.34. The molecule has 2 aromatic heterocycles. The Morgan fingerprint density at radius 2 is 2.12 bits per heavy atom. The average Bonchev–Trinajstić information content (AvgIpc) is 3.12. The Kier molecular flexibility index (Phi) is 5.14. The van der Waals surface area contributed by atoms with Crippen LogP contribution in [0.2, 0.25) is 10.0 Å². The number of thiazole rings is 1. The molecule has 0 radical (unpaired) electrons. The number of nitrogens with zero attached hydrogens (tertiary/aromatic N) is 3. The van der Waals surface area contributed by atoms with Crippen molar-refractivity contribution in [1.29, 1.82) is 0 Å². The molecule has 0 unspecified atom stereocenters. The van der Waals surface area contributed by atoms with E-state index in [2.05, 4.69) is 9.97 Å². The number of benzene rings is 1. The Morgan fingerprint density at radius 3 is 2.75 bits per heavy atom. The van der Waals surface area contributed by atoms with Crippen molar-refractivity contribution in [1.82, 2.24) is 14.9 Å². The van der Waals surface area contributed by atoms with Crippen molar-refractivity contribution in [2.45, 2.75) is 6.04 Å². The first-order chi connectivity index (χ1) is 11.6. The summed E-state index contributed by atoms with van der Waals surface area (Å²) in [6.07, 6.45) is 3.41. The summed E-state index contributed by atoms with van der Waals surface area (Å²) in [5.74, 6) is -0.184. The first-order valence-electron chi connectivity index (χ1n) is 7.08. The Labute approximate surface area is 153 Å². The minimum Gasteiger partial charge on any atom is -0.329 e. The molecule has 2 heterocycles. The summed E-state index contributed by atoms with van der Waals surface area (Å²) in [4.78, 5) is 22.6. The largest absolute Gasteiger partial charge is 0.329 e. The molecule has 1 amide bonds. The summed E-state index contributed by atoms with van der Waals surface area (Å²) in [5.41, 5.74) is 3.67. The van der Waals surface area contributed by atoms with E-state index in [4.69, 9.17) is 23.2 Å². The van der Waals surface area contributed by atoms with Gasteiger partial charge in [0.2, 0.25) is 0 Å². The molecule has 3 aromatic rings. The molecule has 0 aliphatic heterocycles. The van der Waals surface area contributed by atoms with Crippen LogP contribution in [0, 0.1) is 0 Å². The van der Waals surface area contributed by atoms with E-state index in [1.165, 1.54) is 11.3 Å². The maximum absolute atomic E-state index is 12.8. The Bertz CT molecular complexity index is 840. The molecule has 7 heteroatoms. The lowest BCUT2D eigenvalue weighted by molar-refractivity contribution is 0.0750. The lowest BCUT2D eigenvalue weighted by Gasteiger charge is -2.29. The molecule has 4 nitrogen and oxygen atoms in total. The van der Waals surface area contributed by atoms with Crippen LogP contribution in [0.1, 0.15) is 27.7 Å². The van der Waals surface area contributed by atoms with Gasteiger partial charge in [0.05, 0.1) is 11.6 Å². The van der Waals surface area contributed by atoms with Gasteiger partial charge in [-0.2, -0.15) is 0 Å². The van der Waals surface area contributed by atoms with Gasteiger partial charge in [-0.15, -0.1) is 11.3 Å². The second kappa shape index (κ2) is 7.30. The summed E-state index contributed by atoms with van der Waals surface area (Å²) in [7, 11) is 1.73. The molecule has 3 rings (SSSR count). The summed E-state index contributed by atoms with van der Waals surface area (Å²) in [5, 5.41) is 2.76. The molecule has 1 aromatic carbocycles. The number of aromatic nitrogens is 2. The van der Waals surface area contributed by atoms with Crippen LogP contribution in [0.15, 0.2) is 53.6 Å². The summed E-state index contributed by atoms with van der Waals surface area (Å²) in [6.45, 7) is 0. The number of pyridine rings is 1. The molecular weight excluding hydrogens is 365 g/mol. The highest BCUT2D eigenvalue weighted by molar-refractivity contribution is 7.07. The van der Waals surface area contributed by atoms with Crippen LogP contribution in [-0.2, 0) is 0 Å². The molecule has 0 aliphatic rings. The molecule has 0 spiro atoms. The molecule has 0 saturated carbocycles.